The van der Waals surface area contributed by atoms with E-state index in [0.29, 0.717) is 0 Å². The van der Waals surface area contributed by atoms with Gasteiger partial charge in [-0.05, 0) is 13.8 Å². The molecule has 0 saturated heterocycles. The average molecular weight is 189 g/mol. The fraction of sp³-hybridized carbons (Fsp3) is 0.667. The number of nitrogens with one attached hydrogen (secondary N) is 3. The summed E-state index contributed by atoms with van der Waals surface area (Å²) >= 11 is 4.25. The molecule has 0 fully saturated rings. The van der Waals surface area contributed by atoms with E-state index in [4.69, 9.17) is 16.6 Å². The molecule has 5 N–H and O–H groups in total. The lowest BCUT2D eigenvalue weighted by Crippen LogP contribution is -2.50. The summed E-state index contributed by atoms with van der Waals surface area (Å²) in [5.74, 6) is -0.188. The highest BCUT2D eigenvalue weighted by atomic mass is 32.1. The molecular weight excluding hydrogens is 174 g/mol. The van der Waals surface area contributed by atoms with E-state index in [1.165, 1.54) is 0 Å². The second-order valence-corrected chi connectivity index (χ2v) is 4.04. The summed E-state index contributed by atoms with van der Waals surface area (Å²) in [5.41, 5.74) is 5.05. The van der Waals surface area contributed by atoms with Crippen molar-refractivity contribution < 1.29 is 0 Å². The quantitative estimate of drug-likeness (QED) is 0.174. The molecule has 0 spiro atoms. The van der Waals surface area contributed by atoms with Crippen LogP contribution in [0.4, 0.5) is 0 Å². The summed E-state index contributed by atoms with van der Waals surface area (Å²) in [6, 6.07) is 0. The van der Waals surface area contributed by atoms with Crippen molar-refractivity contribution in [3.63, 3.8) is 0 Å². The first kappa shape index (κ1) is 11.1. The van der Waals surface area contributed by atoms with Gasteiger partial charge in [-0.2, -0.15) is 12.6 Å². The number of guanidine groups is 2. The Bertz CT molecular complexity index is 195. The van der Waals surface area contributed by atoms with Crippen molar-refractivity contribution in [2.45, 2.75) is 18.7 Å². The van der Waals surface area contributed by atoms with Gasteiger partial charge in [0.25, 0.3) is 0 Å². The lowest BCUT2D eigenvalue weighted by Gasteiger charge is -2.32. The normalized spacial score (nSPS) is 10.7. The van der Waals surface area contributed by atoms with E-state index >= 15 is 0 Å². The molecule has 0 radical (unpaired) electrons. The number of nitrogens with two attached hydrogens (primary N) is 1. The maximum Gasteiger partial charge on any atom is 0.198 e. The van der Waals surface area contributed by atoms with Crippen LogP contribution in [0.5, 0.6) is 0 Å². The largest absolute Gasteiger partial charge is 0.370 e. The van der Waals surface area contributed by atoms with Gasteiger partial charge in [0.1, 0.15) is 0 Å². The highest BCUT2D eigenvalue weighted by Gasteiger charge is 2.20. The molecule has 6 heteroatoms. The Balaban J connectivity index is 4.21. The summed E-state index contributed by atoms with van der Waals surface area (Å²) < 4.78 is 0. The molecule has 0 aliphatic carbocycles. The Kier molecular flexibility index (Phi) is 3.38. The summed E-state index contributed by atoms with van der Waals surface area (Å²) in [5, 5.41) is 16.7. The van der Waals surface area contributed by atoms with Crippen LogP contribution in [-0.4, -0.2) is 28.7 Å². The molecule has 0 aliphatic heterocycles. The van der Waals surface area contributed by atoms with Crippen LogP contribution in [-0.2, 0) is 0 Å². The van der Waals surface area contributed by atoms with E-state index in [0.717, 1.165) is 0 Å². The van der Waals surface area contributed by atoms with E-state index in [2.05, 4.69) is 17.9 Å². The molecular formula is C6H15N5S. The fourth-order valence-corrected chi connectivity index (χ4v) is 0.585. The van der Waals surface area contributed by atoms with E-state index in [9.17, 15) is 0 Å². The monoisotopic (exact) mass is 189 g/mol. The molecule has 0 saturated carbocycles. The van der Waals surface area contributed by atoms with Gasteiger partial charge in [-0.1, -0.05) is 0 Å². The molecule has 0 atom stereocenters. The number of hydrogen-bond donors (Lipinski definition) is 5. The first-order valence-corrected chi connectivity index (χ1v) is 3.85. The highest BCUT2D eigenvalue weighted by molar-refractivity contribution is 7.81. The minimum Gasteiger partial charge on any atom is -0.370 e. The first-order chi connectivity index (χ1) is 5.25. The van der Waals surface area contributed by atoms with Gasteiger partial charge in [0, 0.05) is 7.05 Å². The van der Waals surface area contributed by atoms with Gasteiger partial charge < -0.3 is 10.6 Å². The van der Waals surface area contributed by atoms with Crippen molar-refractivity contribution in [1.29, 1.82) is 10.8 Å². The van der Waals surface area contributed by atoms with Crippen molar-refractivity contribution in [1.82, 2.24) is 10.2 Å². The van der Waals surface area contributed by atoms with Crippen LogP contribution >= 0.6 is 12.6 Å². The second kappa shape index (κ2) is 3.66. The molecule has 12 heavy (non-hydrogen) atoms. The summed E-state index contributed by atoms with van der Waals surface area (Å²) in [6.07, 6.45) is 0. The molecule has 0 aromatic rings. The van der Waals surface area contributed by atoms with Gasteiger partial charge in [-0.25, -0.2) is 0 Å². The summed E-state index contributed by atoms with van der Waals surface area (Å²) in [4.78, 5) is 1.12. The van der Waals surface area contributed by atoms with E-state index in [1.807, 2.05) is 13.8 Å². The predicted octanol–water partition coefficient (Wildman–Crippen LogP) is 0.00194. The van der Waals surface area contributed by atoms with Gasteiger partial charge in [-0.3, -0.25) is 16.1 Å². The zero-order valence-electron chi connectivity index (χ0n) is 7.47. The maximum atomic E-state index is 7.43. The van der Waals surface area contributed by atoms with Crippen molar-refractivity contribution >= 4 is 24.5 Å². The van der Waals surface area contributed by atoms with Gasteiger partial charge >= 0.3 is 0 Å². The first-order valence-electron chi connectivity index (χ1n) is 3.41. The number of rotatable bonds is 1. The molecule has 0 aromatic carbocycles. The zero-order chi connectivity index (χ0) is 9.94. The summed E-state index contributed by atoms with van der Waals surface area (Å²) in [6.45, 7) is 3.68. The average Bonchev–Trinajstić information content (AvgIpc) is 1.82. The maximum absolute atomic E-state index is 7.43. The number of nitrogens with zero attached hydrogens (tertiary/aromatic N) is 1. The molecule has 0 bridgehead atoms. The fourth-order valence-electron chi connectivity index (χ4n) is 0.485. The molecule has 70 valence electrons. The SMILES string of the molecule is CN(C(=N)NC(=N)N)C(C)(C)S. The Morgan fingerprint density at radius 2 is 1.92 bits per heavy atom. The number of thiol groups is 1. The number of hydrogen-bond acceptors (Lipinski definition) is 3. The standard InChI is InChI=1S/C6H15N5S/c1-6(2,12)11(3)5(9)10-4(7)8/h12H,1-3H3,(H5,7,8,9,10). The van der Waals surface area contributed by atoms with Crippen LogP contribution in [0.2, 0.25) is 0 Å². The van der Waals surface area contributed by atoms with Crippen molar-refractivity contribution in [3.8, 4) is 0 Å². The smallest absolute Gasteiger partial charge is 0.198 e. The van der Waals surface area contributed by atoms with Gasteiger partial charge in [-0.15, -0.1) is 0 Å². The van der Waals surface area contributed by atoms with Gasteiger partial charge in [0.05, 0.1) is 4.87 Å². The highest BCUT2D eigenvalue weighted by Crippen LogP contribution is 2.15. The molecule has 0 aliphatic rings. The third kappa shape index (κ3) is 3.47. The van der Waals surface area contributed by atoms with E-state index < -0.39 is 4.87 Å². The second-order valence-electron chi connectivity index (χ2n) is 2.94. The molecule has 0 amide bonds. The van der Waals surface area contributed by atoms with Crippen LogP contribution in [0.25, 0.3) is 0 Å². The van der Waals surface area contributed by atoms with Crippen molar-refractivity contribution in [2.24, 2.45) is 5.73 Å². The Morgan fingerprint density at radius 3 is 2.17 bits per heavy atom. The summed E-state index contributed by atoms with van der Waals surface area (Å²) in [7, 11) is 1.70. The molecule has 0 aromatic heterocycles. The molecule has 0 unspecified atom stereocenters. The van der Waals surface area contributed by atoms with Crippen LogP contribution in [0.3, 0.4) is 0 Å². The minimum atomic E-state index is -0.445. The van der Waals surface area contributed by atoms with Gasteiger partial charge in [0.2, 0.25) is 0 Å². The van der Waals surface area contributed by atoms with Crippen molar-refractivity contribution in [2.75, 3.05) is 7.05 Å². The lowest BCUT2D eigenvalue weighted by atomic mass is 10.3. The third-order valence-corrected chi connectivity index (χ3v) is 1.71. The Labute approximate surface area is 77.7 Å². The molecule has 0 rings (SSSR count). The minimum absolute atomic E-state index is 0.0579. The van der Waals surface area contributed by atoms with E-state index in [-0.39, 0.29) is 11.9 Å². The van der Waals surface area contributed by atoms with E-state index in [1.54, 1.807) is 11.9 Å². The van der Waals surface area contributed by atoms with Crippen LogP contribution < -0.4 is 11.1 Å². The third-order valence-electron chi connectivity index (χ3n) is 1.41. The molecule has 5 nitrogen and oxygen atoms in total. The van der Waals surface area contributed by atoms with Crippen LogP contribution in [0.15, 0.2) is 0 Å². The van der Waals surface area contributed by atoms with Crippen molar-refractivity contribution in [3.05, 3.63) is 0 Å². The Morgan fingerprint density at radius 1 is 1.50 bits per heavy atom. The topological polar surface area (TPSA) is 89.0 Å². The lowest BCUT2D eigenvalue weighted by molar-refractivity contribution is 0.369. The predicted molar refractivity (Wildman–Crippen MR) is 53.6 cm³/mol. The Hall–Kier alpha value is -0.910. The van der Waals surface area contributed by atoms with Crippen LogP contribution in [0, 0.1) is 10.8 Å². The zero-order valence-corrected chi connectivity index (χ0v) is 8.37. The van der Waals surface area contributed by atoms with Crippen LogP contribution in [0.1, 0.15) is 13.8 Å². The molecule has 0 heterocycles. The van der Waals surface area contributed by atoms with Gasteiger partial charge in [0.15, 0.2) is 11.9 Å².